The first-order valence-corrected chi connectivity index (χ1v) is 8.47. The van der Waals surface area contributed by atoms with Gasteiger partial charge in [-0.25, -0.2) is 18.3 Å². The van der Waals surface area contributed by atoms with Crippen molar-refractivity contribution in [3.63, 3.8) is 0 Å². The van der Waals surface area contributed by atoms with E-state index in [1.54, 1.807) is 38.1 Å². The number of carbonyl (C=O) groups excluding carboxylic acids is 1. The molecule has 0 aliphatic heterocycles. The topological polar surface area (TPSA) is 61.2 Å². The van der Waals surface area contributed by atoms with Crippen LogP contribution in [0.1, 0.15) is 49.0 Å². The monoisotopic (exact) mass is 372 g/mol. The minimum atomic E-state index is -1.03. The molecule has 1 atom stereocenters. The number of benzene rings is 2. The van der Waals surface area contributed by atoms with E-state index in [4.69, 9.17) is 4.74 Å². The van der Waals surface area contributed by atoms with Gasteiger partial charge in [0.2, 0.25) is 0 Å². The Kier molecular flexibility index (Phi) is 5.03. The van der Waals surface area contributed by atoms with E-state index in [0.29, 0.717) is 10.8 Å². The van der Waals surface area contributed by atoms with Gasteiger partial charge in [0.1, 0.15) is 17.7 Å². The Bertz CT molecular complexity index is 1080. The van der Waals surface area contributed by atoms with Crippen molar-refractivity contribution >= 4 is 16.7 Å². The molecule has 0 fully saturated rings. The van der Waals surface area contributed by atoms with E-state index < -0.39 is 23.7 Å². The van der Waals surface area contributed by atoms with Gasteiger partial charge in [-0.05, 0) is 45.0 Å². The zero-order valence-electron chi connectivity index (χ0n) is 15.1. The number of halogens is 2. The molecule has 3 aromatic rings. The molecule has 0 spiro atoms. The molecule has 0 aliphatic carbocycles. The van der Waals surface area contributed by atoms with Crippen LogP contribution in [0.25, 0.3) is 10.8 Å². The molecular formula is C20H18F2N2O3. The fraction of sp³-hybridized carbons (Fsp3) is 0.250. The van der Waals surface area contributed by atoms with Gasteiger partial charge in [-0.2, -0.15) is 5.10 Å². The van der Waals surface area contributed by atoms with E-state index in [-0.39, 0.29) is 22.9 Å². The zero-order valence-corrected chi connectivity index (χ0v) is 15.1. The van der Waals surface area contributed by atoms with Gasteiger partial charge in [0.25, 0.3) is 5.56 Å². The number of fused-ring (bicyclic) bond motifs is 1. The van der Waals surface area contributed by atoms with Gasteiger partial charge >= 0.3 is 5.97 Å². The number of hydrogen-bond donors (Lipinski definition) is 0. The van der Waals surface area contributed by atoms with Crippen molar-refractivity contribution in [2.45, 2.75) is 32.9 Å². The predicted octanol–water partition coefficient (Wildman–Crippen LogP) is 4.17. The third-order valence-corrected chi connectivity index (χ3v) is 4.19. The van der Waals surface area contributed by atoms with Crippen LogP contribution >= 0.6 is 0 Å². The number of aromatic nitrogens is 2. The lowest BCUT2D eigenvalue weighted by atomic mass is 10.1. The van der Waals surface area contributed by atoms with Crippen molar-refractivity contribution in [2.75, 3.05) is 0 Å². The summed E-state index contributed by atoms with van der Waals surface area (Å²) in [4.78, 5) is 25.2. The van der Waals surface area contributed by atoms with Crippen molar-refractivity contribution in [3.05, 3.63) is 75.7 Å². The second-order valence-corrected chi connectivity index (χ2v) is 6.45. The van der Waals surface area contributed by atoms with Crippen LogP contribution in [0, 0.1) is 11.6 Å². The van der Waals surface area contributed by atoms with E-state index in [9.17, 15) is 18.4 Å². The summed E-state index contributed by atoms with van der Waals surface area (Å²) in [5.74, 6) is -2.13. The number of rotatable bonds is 4. The molecule has 1 aromatic heterocycles. The molecule has 0 amide bonds. The second-order valence-electron chi connectivity index (χ2n) is 6.45. The number of carbonyl (C=O) groups is 1. The molecule has 0 saturated carbocycles. The van der Waals surface area contributed by atoms with Crippen molar-refractivity contribution < 1.29 is 18.3 Å². The number of esters is 1. The summed E-state index contributed by atoms with van der Waals surface area (Å²) in [6.07, 6.45) is -1.03. The van der Waals surface area contributed by atoms with E-state index in [2.05, 4.69) is 5.10 Å². The number of ether oxygens (including phenoxy) is 1. The van der Waals surface area contributed by atoms with Gasteiger partial charge in [-0.3, -0.25) is 4.79 Å². The first-order chi connectivity index (χ1) is 12.8. The molecule has 1 unspecified atom stereocenters. The van der Waals surface area contributed by atoms with Crippen molar-refractivity contribution in [3.8, 4) is 0 Å². The van der Waals surface area contributed by atoms with Gasteiger partial charge in [0.05, 0.1) is 11.4 Å². The first-order valence-electron chi connectivity index (χ1n) is 8.47. The summed E-state index contributed by atoms with van der Waals surface area (Å²) in [7, 11) is 0. The van der Waals surface area contributed by atoms with E-state index in [1.165, 1.54) is 11.6 Å². The molecule has 0 N–H and O–H groups in total. The highest BCUT2D eigenvalue weighted by molar-refractivity contribution is 6.02. The molecule has 0 saturated heterocycles. The van der Waals surface area contributed by atoms with Crippen molar-refractivity contribution in [1.29, 1.82) is 0 Å². The van der Waals surface area contributed by atoms with Crippen molar-refractivity contribution in [1.82, 2.24) is 9.78 Å². The lowest BCUT2D eigenvalue weighted by Gasteiger charge is -2.16. The van der Waals surface area contributed by atoms with Crippen LogP contribution in [0.3, 0.4) is 0 Å². The molecule has 7 heteroatoms. The molecule has 0 radical (unpaired) electrons. The highest BCUT2D eigenvalue weighted by Gasteiger charge is 2.23. The zero-order chi connectivity index (χ0) is 19.7. The summed E-state index contributed by atoms with van der Waals surface area (Å²) in [5, 5.41) is 4.82. The van der Waals surface area contributed by atoms with Crippen LogP contribution in [-0.4, -0.2) is 15.7 Å². The van der Waals surface area contributed by atoms with E-state index in [1.807, 2.05) is 0 Å². The highest BCUT2D eigenvalue weighted by Crippen LogP contribution is 2.24. The highest BCUT2D eigenvalue weighted by atomic mass is 19.1. The largest absolute Gasteiger partial charge is 0.453 e. The minimum absolute atomic E-state index is 0.0532. The standard InChI is InChI=1S/C20H18F2N2O3/c1-11(2)24-19(25)15-7-5-4-6-14(15)18(23-24)20(26)27-12(3)16-10-13(21)8-9-17(16)22/h4-12H,1-3H3. The smallest absolute Gasteiger partial charge is 0.360 e. The second kappa shape index (κ2) is 7.26. The Labute approximate surface area is 154 Å². The van der Waals surface area contributed by atoms with Crippen molar-refractivity contribution in [2.24, 2.45) is 0 Å². The molecule has 3 rings (SSSR count). The summed E-state index contributed by atoms with van der Waals surface area (Å²) in [5.41, 5.74) is -0.450. The SMILES string of the molecule is CC(OC(=O)c1nn(C(C)C)c(=O)c2ccccc12)c1cc(F)ccc1F. The van der Waals surface area contributed by atoms with E-state index in [0.717, 1.165) is 18.2 Å². The first kappa shape index (κ1) is 18.7. The maximum atomic E-state index is 13.9. The Morgan fingerprint density at radius 3 is 2.41 bits per heavy atom. The average molecular weight is 372 g/mol. The normalized spacial score (nSPS) is 12.4. The van der Waals surface area contributed by atoms with Crippen LogP contribution in [0.2, 0.25) is 0 Å². The van der Waals surface area contributed by atoms with Crippen LogP contribution < -0.4 is 5.56 Å². The van der Waals surface area contributed by atoms with Crippen LogP contribution in [0.5, 0.6) is 0 Å². The molecule has 2 aromatic carbocycles. The third kappa shape index (κ3) is 3.58. The Morgan fingerprint density at radius 2 is 1.74 bits per heavy atom. The van der Waals surface area contributed by atoms with Gasteiger partial charge < -0.3 is 4.74 Å². The fourth-order valence-electron chi connectivity index (χ4n) is 2.81. The Morgan fingerprint density at radius 1 is 1.07 bits per heavy atom. The lowest BCUT2D eigenvalue weighted by molar-refractivity contribution is 0.0323. The molecule has 140 valence electrons. The third-order valence-electron chi connectivity index (χ3n) is 4.19. The maximum absolute atomic E-state index is 13.9. The molecule has 5 nitrogen and oxygen atoms in total. The summed E-state index contributed by atoms with van der Waals surface area (Å²) < 4.78 is 33.9. The molecule has 0 aliphatic rings. The van der Waals surface area contributed by atoms with E-state index >= 15 is 0 Å². The maximum Gasteiger partial charge on any atom is 0.360 e. The summed E-state index contributed by atoms with van der Waals surface area (Å²) >= 11 is 0. The Hall–Kier alpha value is -3.09. The fourth-order valence-corrected chi connectivity index (χ4v) is 2.81. The number of nitrogens with zero attached hydrogens (tertiary/aromatic N) is 2. The van der Waals surface area contributed by atoms with Gasteiger partial charge in [0.15, 0.2) is 5.69 Å². The average Bonchev–Trinajstić information content (AvgIpc) is 2.63. The predicted molar refractivity (Wildman–Crippen MR) is 96.6 cm³/mol. The molecule has 27 heavy (non-hydrogen) atoms. The van der Waals surface area contributed by atoms with Crippen LogP contribution in [0.15, 0.2) is 47.3 Å². The van der Waals surface area contributed by atoms with Crippen LogP contribution in [0.4, 0.5) is 8.78 Å². The minimum Gasteiger partial charge on any atom is -0.453 e. The van der Waals surface area contributed by atoms with Gasteiger partial charge in [-0.15, -0.1) is 0 Å². The summed E-state index contributed by atoms with van der Waals surface area (Å²) in [6, 6.07) is 9.23. The van der Waals surface area contributed by atoms with Gasteiger partial charge in [0, 0.05) is 10.9 Å². The number of hydrogen-bond acceptors (Lipinski definition) is 4. The molecular weight excluding hydrogens is 354 g/mol. The molecule has 1 heterocycles. The molecule has 0 bridgehead atoms. The summed E-state index contributed by atoms with van der Waals surface area (Å²) in [6.45, 7) is 4.97. The van der Waals surface area contributed by atoms with Crippen LogP contribution in [-0.2, 0) is 4.74 Å². The lowest BCUT2D eigenvalue weighted by Crippen LogP contribution is -2.28. The Balaban J connectivity index is 2.04. The quantitative estimate of drug-likeness (QED) is 0.645. The van der Waals surface area contributed by atoms with Gasteiger partial charge in [-0.1, -0.05) is 18.2 Å².